The lowest BCUT2D eigenvalue weighted by molar-refractivity contribution is -0.138. The molecule has 3 N–H and O–H groups in total. The van der Waals surface area contributed by atoms with Crippen molar-refractivity contribution in [2.75, 3.05) is 41.3 Å². The first-order valence-electron chi connectivity index (χ1n) is 11.8. The summed E-state index contributed by atoms with van der Waals surface area (Å²) in [5.74, 6) is -3.57. The lowest BCUT2D eigenvalue weighted by Gasteiger charge is -2.28. The first-order chi connectivity index (χ1) is 19.0. The molecule has 40 heavy (non-hydrogen) atoms. The third-order valence-electron chi connectivity index (χ3n) is 5.99. The van der Waals surface area contributed by atoms with Gasteiger partial charge in [0, 0.05) is 42.6 Å². The van der Waals surface area contributed by atoms with E-state index in [2.05, 4.69) is 15.6 Å². The number of amides is 2. The minimum absolute atomic E-state index is 0.00223. The second-order valence-electron chi connectivity index (χ2n) is 8.58. The standard InChI is InChI=1S/C26H21F5N6O3/c1-2-36-24-18(8-15(12-35-24)26(29,30)31)17-4-3-14(11-32)7-21(17)37(25(36)40)23-19(27)9-16(10-20(23)28)34-6-5-33-13-22(38)39/h3-4,7-10,12,33-34H,2,5-6,13H2,1H3,(H,38,39). The summed E-state index contributed by atoms with van der Waals surface area (Å²) in [5, 5.41) is 23.5. The number of nitrogens with one attached hydrogen (secondary N) is 2. The molecule has 0 saturated heterocycles. The molecular formula is C26H21F5N6O3. The molecule has 0 bridgehead atoms. The highest BCUT2D eigenvalue weighted by Crippen LogP contribution is 2.46. The van der Waals surface area contributed by atoms with Crippen LogP contribution in [0.15, 0.2) is 42.6 Å². The van der Waals surface area contributed by atoms with Gasteiger partial charge in [0.1, 0.15) is 11.5 Å². The summed E-state index contributed by atoms with van der Waals surface area (Å²) in [4.78, 5) is 29.9. The number of nitrogens with zero attached hydrogens (tertiary/aromatic N) is 4. The average Bonchev–Trinajstić information content (AvgIpc) is 2.99. The van der Waals surface area contributed by atoms with Crippen LogP contribution in [0.1, 0.15) is 18.1 Å². The predicted octanol–water partition coefficient (Wildman–Crippen LogP) is 5.10. The fraction of sp³-hybridized carbons (Fsp3) is 0.231. The molecule has 0 spiro atoms. The van der Waals surface area contributed by atoms with Crippen molar-refractivity contribution in [3.05, 3.63) is 65.4 Å². The Kier molecular flexibility index (Phi) is 7.87. The maximum atomic E-state index is 15.5. The van der Waals surface area contributed by atoms with Gasteiger partial charge in [-0.1, -0.05) is 6.07 Å². The van der Waals surface area contributed by atoms with E-state index in [4.69, 9.17) is 5.11 Å². The number of aromatic nitrogens is 1. The summed E-state index contributed by atoms with van der Waals surface area (Å²) in [7, 11) is 0. The van der Waals surface area contributed by atoms with Crippen molar-refractivity contribution < 1.29 is 36.6 Å². The monoisotopic (exact) mass is 560 g/mol. The van der Waals surface area contributed by atoms with Crippen molar-refractivity contribution in [2.24, 2.45) is 0 Å². The van der Waals surface area contributed by atoms with Gasteiger partial charge in [0.25, 0.3) is 0 Å². The zero-order chi connectivity index (χ0) is 29.2. The van der Waals surface area contributed by atoms with Crippen LogP contribution >= 0.6 is 0 Å². The van der Waals surface area contributed by atoms with E-state index in [1.807, 2.05) is 6.07 Å². The van der Waals surface area contributed by atoms with Gasteiger partial charge >= 0.3 is 18.2 Å². The summed E-state index contributed by atoms with van der Waals surface area (Å²) < 4.78 is 71.7. The van der Waals surface area contributed by atoms with E-state index in [-0.39, 0.29) is 60.1 Å². The minimum Gasteiger partial charge on any atom is -0.480 e. The van der Waals surface area contributed by atoms with Crippen molar-refractivity contribution in [1.82, 2.24) is 10.3 Å². The third-order valence-corrected chi connectivity index (χ3v) is 5.99. The molecule has 0 saturated carbocycles. The highest BCUT2D eigenvalue weighted by molar-refractivity contribution is 6.15. The zero-order valence-electron chi connectivity index (χ0n) is 20.8. The molecule has 1 aromatic heterocycles. The molecule has 0 unspecified atom stereocenters. The highest BCUT2D eigenvalue weighted by atomic mass is 19.4. The number of nitriles is 1. The molecule has 4 rings (SSSR count). The number of anilines is 4. The Hall–Kier alpha value is -4.77. The Labute approximate surface area is 224 Å². The zero-order valence-corrected chi connectivity index (χ0v) is 20.8. The molecule has 0 radical (unpaired) electrons. The number of halogens is 5. The molecule has 2 aromatic carbocycles. The van der Waals surface area contributed by atoms with Gasteiger partial charge in [-0.05, 0) is 37.3 Å². The molecule has 14 heteroatoms. The van der Waals surface area contributed by atoms with Crippen molar-refractivity contribution in [2.45, 2.75) is 13.1 Å². The van der Waals surface area contributed by atoms with Crippen LogP contribution in [0, 0.1) is 23.0 Å². The number of carboxylic acids is 1. The largest absolute Gasteiger partial charge is 0.480 e. The first-order valence-corrected chi connectivity index (χ1v) is 11.8. The molecule has 0 atom stereocenters. The van der Waals surface area contributed by atoms with E-state index in [1.165, 1.54) is 19.1 Å². The number of rotatable bonds is 8. The minimum atomic E-state index is -4.76. The van der Waals surface area contributed by atoms with Crippen LogP contribution in [0.5, 0.6) is 0 Å². The normalized spacial score (nSPS) is 12.9. The van der Waals surface area contributed by atoms with Crippen LogP contribution < -0.4 is 20.4 Å². The summed E-state index contributed by atoms with van der Waals surface area (Å²) in [6.45, 7) is 1.40. The number of carbonyl (C=O) groups excluding carboxylic acids is 1. The third kappa shape index (κ3) is 5.50. The van der Waals surface area contributed by atoms with E-state index in [0.29, 0.717) is 11.1 Å². The maximum absolute atomic E-state index is 15.5. The first kappa shape index (κ1) is 28.2. The second-order valence-corrected chi connectivity index (χ2v) is 8.58. The molecule has 9 nitrogen and oxygen atoms in total. The number of hydrogen-bond donors (Lipinski definition) is 3. The number of fused-ring (bicyclic) bond motifs is 3. The SMILES string of the molecule is CCN1C(=O)N(c2c(F)cc(NCCNCC(=O)O)cc2F)c2cc(C#N)ccc2-c2cc(C(F)(F)F)cnc21. The van der Waals surface area contributed by atoms with E-state index in [1.54, 1.807) is 0 Å². The highest BCUT2D eigenvalue weighted by Gasteiger charge is 2.38. The number of hydrogen-bond acceptors (Lipinski definition) is 6. The van der Waals surface area contributed by atoms with E-state index in [0.717, 1.165) is 29.2 Å². The van der Waals surface area contributed by atoms with E-state index in [9.17, 15) is 28.0 Å². The van der Waals surface area contributed by atoms with Gasteiger partial charge in [-0.25, -0.2) is 18.6 Å². The number of pyridine rings is 1. The van der Waals surface area contributed by atoms with Crippen LogP contribution in [-0.2, 0) is 11.0 Å². The fourth-order valence-electron chi connectivity index (χ4n) is 4.23. The van der Waals surface area contributed by atoms with Crippen LogP contribution in [0.4, 0.5) is 49.6 Å². The number of alkyl halides is 3. The predicted molar refractivity (Wildman–Crippen MR) is 135 cm³/mol. The van der Waals surface area contributed by atoms with Crippen LogP contribution in [0.2, 0.25) is 0 Å². The van der Waals surface area contributed by atoms with Crippen molar-refractivity contribution in [3.8, 4) is 17.2 Å². The Balaban J connectivity index is 1.84. The van der Waals surface area contributed by atoms with Crippen LogP contribution in [-0.4, -0.2) is 48.3 Å². The summed E-state index contributed by atoms with van der Waals surface area (Å²) >= 11 is 0. The Morgan fingerprint density at radius 3 is 2.40 bits per heavy atom. The van der Waals surface area contributed by atoms with Gasteiger partial charge in [-0.2, -0.15) is 18.4 Å². The Bertz CT molecular complexity index is 1500. The molecule has 208 valence electrons. The van der Waals surface area contributed by atoms with Gasteiger partial charge in [0.2, 0.25) is 0 Å². The number of urea groups is 1. The number of aliphatic carboxylic acids is 1. The average molecular weight is 560 g/mol. The fourth-order valence-corrected chi connectivity index (χ4v) is 4.23. The van der Waals surface area contributed by atoms with Gasteiger partial charge in [0.05, 0.1) is 29.4 Å². The molecule has 1 aliphatic heterocycles. The molecule has 2 heterocycles. The molecular weight excluding hydrogens is 539 g/mol. The second kappa shape index (κ2) is 11.1. The summed E-state index contributed by atoms with van der Waals surface area (Å²) in [6, 6.07) is 7.27. The lowest BCUT2D eigenvalue weighted by Crippen LogP contribution is -2.41. The molecule has 3 aromatic rings. The number of carbonyl (C=O) groups is 2. The van der Waals surface area contributed by atoms with Crippen molar-refractivity contribution in [3.63, 3.8) is 0 Å². The molecule has 1 aliphatic rings. The molecule has 2 amide bonds. The summed E-state index contributed by atoms with van der Waals surface area (Å²) in [6.07, 6.45) is -4.19. The van der Waals surface area contributed by atoms with Gasteiger partial charge in [-0.15, -0.1) is 0 Å². The van der Waals surface area contributed by atoms with Crippen molar-refractivity contribution in [1.29, 1.82) is 5.26 Å². The number of benzene rings is 2. The van der Waals surface area contributed by atoms with Crippen LogP contribution in [0.3, 0.4) is 0 Å². The van der Waals surface area contributed by atoms with Gasteiger partial charge < -0.3 is 15.7 Å². The summed E-state index contributed by atoms with van der Waals surface area (Å²) in [5.41, 5.74) is -2.23. The smallest absolute Gasteiger partial charge is 0.417 e. The number of carboxylic acid groups (broad SMARTS) is 1. The Morgan fingerprint density at radius 2 is 1.80 bits per heavy atom. The van der Waals surface area contributed by atoms with Gasteiger partial charge in [0.15, 0.2) is 11.6 Å². The molecule has 0 fully saturated rings. The molecule has 0 aliphatic carbocycles. The van der Waals surface area contributed by atoms with E-state index < -0.39 is 41.1 Å². The lowest BCUT2D eigenvalue weighted by atomic mass is 10.00. The van der Waals surface area contributed by atoms with Gasteiger partial charge in [-0.3, -0.25) is 14.6 Å². The quantitative estimate of drug-likeness (QED) is 0.259. The topological polar surface area (TPSA) is 122 Å². The van der Waals surface area contributed by atoms with E-state index >= 15 is 8.78 Å². The van der Waals surface area contributed by atoms with Crippen LogP contribution in [0.25, 0.3) is 11.1 Å². The Morgan fingerprint density at radius 1 is 1.10 bits per heavy atom. The maximum Gasteiger partial charge on any atom is 0.417 e. The van der Waals surface area contributed by atoms with Crippen molar-refractivity contribution >= 4 is 34.9 Å².